The molecule has 0 bridgehead atoms. The van der Waals surface area contributed by atoms with E-state index in [0.717, 1.165) is 32.8 Å². The van der Waals surface area contributed by atoms with Crippen LogP contribution in [0.25, 0.3) is 0 Å². The molecular formula is C12H21NO2. The topological polar surface area (TPSA) is 30.5 Å². The maximum absolute atomic E-state index is 6.08. The van der Waals surface area contributed by atoms with E-state index in [0.29, 0.717) is 5.41 Å². The monoisotopic (exact) mass is 211 g/mol. The van der Waals surface area contributed by atoms with Crippen molar-refractivity contribution in [3.63, 3.8) is 0 Å². The van der Waals surface area contributed by atoms with Crippen LogP contribution in [0.5, 0.6) is 0 Å². The number of nitrogens with one attached hydrogen (secondary N) is 1. The first-order chi connectivity index (χ1) is 7.33. The second-order valence-electron chi connectivity index (χ2n) is 5.50. The van der Waals surface area contributed by atoms with Gasteiger partial charge in [0.05, 0.1) is 19.8 Å². The van der Waals surface area contributed by atoms with E-state index < -0.39 is 0 Å². The Labute approximate surface area is 91.5 Å². The molecule has 0 aromatic heterocycles. The normalized spacial score (nSPS) is 40.0. The molecule has 2 heterocycles. The van der Waals surface area contributed by atoms with Crippen LogP contribution in [-0.2, 0) is 9.47 Å². The van der Waals surface area contributed by atoms with Gasteiger partial charge in [-0.05, 0) is 12.8 Å². The zero-order valence-corrected chi connectivity index (χ0v) is 9.39. The van der Waals surface area contributed by atoms with Gasteiger partial charge in [-0.1, -0.05) is 19.3 Å². The van der Waals surface area contributed by atoms with Crippen molar-refractivity contribution in [1.29, 1.82) is 0 Å². The van der Waals surface area contributed by atoms with Crippen molar-refractivity contribution < 1.29 is 9.47 Å². The number of ether oxygens (including phenoxy) is 2. The highest BCUT2D eigenvalue weighted by Gasteiger charge is 2.45. The Hall–Kier alpha value is -0.120. The first kappa shape index (κ1) is 10.1. The molecule has 1 N–H and O–H groups in total. The fourth-order valence-corrected chi connectivity index (χ4v) is 3.16. The van der Waals surface area contributed by atoms with Crippen LogP contribution in [0.1, 0.15) is 38.5 Å². The largest absolute Gasteiger partial charge is 0.377 e. The molecule has 0 aromatic rings. The molecule has 3 fully saturated rings. The lowest BCUT2D eigenvalue weighted by atomic mass is 9.73. The van der Waals surface area contributed by atoms with E-state index in [9.17, 15) is 0 Å². The first-order valence-electron chi connectivity index (χ1n) is 6.30. The van der Waals surface area contributed by atoms with Crippen molar-refractivity contribution >= 4 is 0 Å². The summed E-state index contributed by atoms with van der Waals surface area (Å²) >= 11 is 0. The van der Waals surface area contributed by atoms with Gasteiger partial charge in [-0.15, -0.1) is 0 Å². The summed E-state index contributed by atoms with van der Waals surface area (Å²) < 4.78 is 11.5. The Kier molecular flexibility index (Phi) is 2.49. The number of rotatable bonds is 0. The maximum Gasteiger partial charge on any atom is 0.144 e. The second kappa shape index (κ2) is 3.72. The van der Waals surface area contributed by atoms with Crippen molar-refractivity contribution in [2.75, 3.05) is 26.4 Å². The minimum absolute atomic E-state index is 0.122. The zero-order valence-electron chi connectivity index (χ0n) is 9.39. The highest BCUT2D eigenvalue weighted by molar-refractivity contribution is 4.94. The molecule has 1 atom stereocenters. The van der Waals surface area contributed by atoms with E-state index >= 15 is 0 Å². The SMILES string of the molecule is C1CCC2(CC1)CNC1(CCOC1)OC2. The third-order valence-corrected chi connectivity index (χ3v) is 4.34. The highest BCUT2D eigenvalue weighted by Crippen LogP contribution is 2.40. The quantitative estimate of drug-likeness (QED) is 0.661. The van der Waals surface area contributed by atoms with Crippen molar-refractivity contribution in [2.24, 2.45) is 5.41 Å². The van der Waals surface area contributed by atoms with Crippen LogP contribution in [0.2, 0.25) is 0 Å². The summed E-state index contributed by atoms with van der Waals surface area (Å²) in [5, 5.41) is 3.61. The molecule has 3 aliphatic rings. The average molecular weight is 211 g/mol. The van der Waals surface area contributed by atoms with E-state index in [2.05, 4.69) is 5.32 Å². The van der Waals surface area contributed by atoms with E-state index in [4.69, 9.17) is 9.47 Å². The zero-order chi connectivity index (χ0) is 10.2. The van der Waals surface area contributed by atoms with Gasteiger partial charge in [0.15, 0.2) is 0 Å². The van der Waals surface area contributed by atoms with Crippen LogP contribution in [0, 0.1) is 5.41 Å². The van der Waals surface area contributed by atoms with E-state index in [1.54, 1.807) is 0 Å². The van der Waals surface area contributed by atoms with Crippen LogP contribution in [0.15, 0.2) is 0 Å². The molecule has 15 heavy (non-hydrogen) atoms. The Morgan fingerprint density at radius 1 is 0.933 bits per heavy atom. The van der Waals surface area contributed by atoms with Gasteiger partial charge in [0.1, 0.15) is 5.72 Å². The van der Waals surface area contributed by atoms with Gasteiger partial charge < -0.3 is 9.47 Å². The Morgan fingerprint density at radius 3 is 2.40 bits per heavy atom. The fourth-order valence-electron chi connectivity index (χ4n) is 3.16. The lowest BCUT2D eigenvalue weighted by molar-refractivity contribution is -0.152. The molecule has 3 rings (SSSR count). The minimum atomic E-state index is -0.122. The fraction of sp³-hybridized carbons (Fsp3) is 1.00. The molecule has 3 nitrogen and oxygen atoms in total. The Balaban J connectivity index is 1.63. The summed E-state index contributed by atoms with van der Waals surface area (Å²) in [6, 6.07) is 0. The molecule has 0 radical (unpaired) electrons. The van der Waals surface area contributed by atoms with Gasteiger partial charge in [-0.2, -0.15) is 0 Å². The smallest absolute Gasteiger partial charge is 0.144 e. The van der Waals surface area contributed by atoms with E-state index in [1.807, 2.05) is 0 Å². The van der Waals surface area contributed by atoms with Crippen LogP contribution in [0.3, 0.4) is 0 Å². The maximum atomic E-state index is 6.08. The van der Waals surface area contributed by atoms with Crippen LogP contribution >= 0.6 is 0 Å². The van der Waals surface area contributed by atoms with Gasteiger partial charge in [-0.3, -0.25) is 5.32 Å². The first-order valence-corrected chi connectivity index (χ1v) is 6.30. The Bertz CT molecular complexity index is 218. The second-order valence-corrected chi connectivity index (χ2v) is 5.50. The third-order valence-electron chi connectivity index (χ3n) is 4.34. The lowest BCUT2D eigenvalue weighted by Gasteiger charge is -2.47. The minimum Gasteiger partial charge on any atom is -0.377 e. The van der Waals surface area contributed by atoms with Gasteiger partial charge >= 0.3 is 0 Å². The van der Waals surface area contributed by atoms with Gasteiger partial charge in [0.2, 0.25) is 0 Å². The molecule has 3 heteroatoms. The van der Waals surface area contributed by atoms with Gasteiger partial charge in [0, 0.05) is 18.4 Å². The molecule has 2 saturated heterocycles. The van der Waals surface area contributed by atoms with E-state index in [-0.39, 0.29) is 5.72 Å². The van der Waals surface area contributed by atoms with E-state index in [1.165, 1.54) is 32.1 Å². The molecule has 86 valence electrons. The third kappa shape index (κ3) is 1.81. The molecule has 2 aliphatic heterocycles. The van der Waals surface area contributed by atoms with Crippen molar-refractivity contribution in [3.05, 3.63) is 0 Å². The number of hydrogen-bond acceptors (Lipinski definition) is 3. The van der Waals surface area contributed by atoms with Crippen molar-refractivity contribution in [1.82, 2.24) is 5.32 Å². The van der Waals surface area contributed by atoms with Crippen molar-refractivity contribution in [3.8, 4) is 0 Å². The molecule has 0 aromatic carbocycles. The molecule has 1 aliphatic carbocycles. The summed E-state index contributed by atoms with van der Waals surface area (Å²) in [6.45, 7) is 3.67. The predicted molar refractivity (Wildman–Crippen MR) is 57.6 cm³/mol. The van der Waals surface area contributed by atoms with Crippen LogP contribution in [0.4, 0.5) is 0 Å². The summed E-state index contributed by atoms with van der Waals surface area (Å²) in [6.07, 6.45) is 7.88. The van der Waals surface area contributed by atoms with Crippen molar-refractivity contribution in [2.45, 2.75) is 44.2 Å². The highest BCUT2D eigenvalue weighted by atomic mass is 16.6. The molecular weight excluding hydrogens is 190 g/mol. The summed E-state index contributed by atoms with van der Waals surface area (Å²) in [7, 11) is 0. The van der Waals surface area contributed by atoms with Crippen LogP contribution < -0.4 is 5.32 Å². The number of hydrogen-bond donors (Lipinski definition) is 1. The molecule has 0 amide bonds. The summed E-state index contributed by atoms with van der Waals surface area (Å²) in [4.78, 5) is 0. The predicted octanol–water partition coefficient (Wildman–Crippen LogP) is 1.67. The summed E-state index contributed by atoms with van der Waals surface area (Å²) in [5.74, 6) is 0. The molecule has 1 saturated carbocycles. The van der Waals surface area contributed by atoms with Crippen LogP contribution in [-0.4, -0.2) is 32.1 Å². The Morgan fingerprint density at radius 2 is 1.80 bits per heavy atom. The standard InChI is InChI=1S/C12H21NO2/c1-2-4-11(5-3-1)8-13-12(15-9-11)6-7-14-10-12/h13H,1-10H2. The average Bonchev–Trinajstić information content (AvgIpc) is 2.74. The molecule has 1 unspecified atom stereocenters. The lowest BCUT2D eigenvalue weighted by Crippen LogP contribution is -2.59. The molecule has 2 spiro atoms. The summed E-state index contributed by atoms with van der Waals surface area (Å²) in [5.41, 5.74) is 0.328. The van der Waals surface area contributed by atoms with Gasteiger partial charge in [-0.25, -0.2) is 0 Å². The van der Waals surface area contributed by atoms with Gasteiger partial charge in [0.25, 0.3) is 0 Å².